The maximum absolute atomic E-state index is 12.7. The molecule has 29 heavy (non-hydrogen) atoms. The molecule has 3 rings (SSSR count). The van der Waals surface area contributed by atoms with Crippen molar-refractivity contribution < 1.29 is 31.2 Å². The summed E-state index contributed by atoms with van der Waals surface area (Å²) < 4.78 is 53.4. The van der Waals surface area contributed by atoms with Gasteiger partial charge in [0.05, 0.1) is 28.3 Å². The van der Waals surface area contributed by atoms with Crippen LogP contribution in [0.25, 0.3) is 0 Å². The fraction of sp³-hybridized carbons (Fsp3) is 0.556. The molecule has 1 aromatic rings. The molecule has 2 aliphatic heterocycles. The molecular weight excluding hydrogens is 420 g/mol. The van der Waals surface area contributed by atoms with Gasteiger partial charge >= 0.3 is 6.09 Å². The van der Waals surface area contributed by atoms with Gasteiger partial charge in [0, 0.05) is 31.7 Å². The molecule has 0 aliphatic carbocycles. The summed E-state index contributed by atoms with van der Waals surface area (Å²) in [5.74, 6) is -0.729. The van der Waals surface area contributed by atoms with E-state index in [1.54, 1.807) is 16.7 Å². The van der Waals surface area contributed by atoms with Gasteiger partial charge in [-0.2, -0.15) is 0 Å². The van der Waals surface area contributed by atoms with Gasteiger partial charge in [-0.3, -0.25) is 4.79 Å². The molecule has 0 N–H and O–H groups in total. The third-order valence-corrected chi connectivity index (χ3v) is 9.34. The van der Waals surface area contributed by atoms with Crippen LogP contribution in [0, 0.1) is 0 Å². The Morgan fingerprint density at radius 2 is 1.66 bits per heavy atom. The number of carbonyl (C=O) groups is 2. The zero-order chi connectivity index (χ0) is 21.2. The van der Waals surface area contributed by atoms with Gasteiger partial charge in [-0.15, -0.1) is 0 Å². The van der Waals surface area contributed by atoms with Crippen LogP contribution in [-0.4, -0.2) is 88.2 Å². The van der Waals surface area contributed by atoms with Gasteiger partial charge < -0.3 is 14.5 Å². The molecule has 0 bridgehead atoms. The number of amides is 2. The van der Waals surface area contributed by atoms with E-state index in [0.29, 0.717) is 38.3 Å². The van der Waals surface area contributed by atoms with Crippen molar-refractivity contribution in [1.82, 2.24) is 9.80 Å². The molecule has 2 aliphatic rings. The molecule has 2 amide bonds. The second-order valence-corrected chi connectivity index (χ2v) is 11.5. The first kappa shape index (κ1) is 21.6. The first-order chi connectivity index (χ1) is 13.6. The highest BCUT2D eigenvalue weighted by Crippen LogP contribution is 2.25. The molecule has 11 heteroatoms. The molecule has 0 spiro atoms. The van der Waals surface area contributed by atoms with E-state index in [1.807, 2.05) is 0 Å². The molecule has 1 atom stereocenters. The summed E-state index contributed by atoms with van der Waals surface area (Å²) in [6, 6.07) is 5.58. The summed E-state index contributed by atoms with van der Waals surface area (Å²) in [4.78, 5) is 27.6. The highest BCUT2D eigenvalue weighted by molar-refractivity contribution is 7.96. The van der Waals surface area contributed by atoms with Crippen LogP contribution in [-0.2, 0) is 24.4 Å². The third kappa shape index (κ3) is 4.72. The van der Waals surface area contributed by atoms with Gasteiger partial charge in [-0.1, -0.05) is 0 Å². The minimum absolute atomic E-state index is 0.0169. The number of piperazine rings is 1. The molecular formula is C18H24N2O7S2. The fourth-order valence-electron chi connectivity index (χ4n) is 3.47. The number of rotatable bonds is 4. The van der Waals surface area contributed by atoms with Crippen molar-refractivity contribution in [3.8, 4) is 0 Å². The van der Waals surface area contributed by atoms with Crippen LogP contribution in [0.5, 0.6) is 0 Å². The highest BCUT2D eigenvalue weighted by atomic mass is 32.2. The maximum atomic E-state index is 12.7. The van der Waals surface area contributed by atoms with Crippen molar-refractivity contribution >= 4 is 31.7 Å². The van der Waals surface area contributed by atoms with Crippen molar-refractivity contribution in [2.45, 2.75) is 23.5 Å². The molecule has 1 aromatic carbocycles. The lowest BCUT2D eigenvalue weighted by Gasteiger charge is -2.34. The van der Waals surface area contributed by atoms with Crippen LogP contribution >= 0.6 is 0 Å². The van der Waals surface area contributed by atoms with Crippen molar-refractivity contribution in [3.05, 3.63) is 29.8 Å². The van der Waals surface area contributed by atoms with Crippen molar-refractivity contribution in [2.24, 2.45) is 0 Å². The van der Waals surface area contributed by atoms with Crippen LogP contribution in [0.4, 0.5) is 4.79 Å². The Labute approximate surface area is 170 Å². The Hall–Kier alpha value is -2.14. The molecule has 2 fully saturated rings. The van der Waals surface area contributed by atoms with Gasteiger partial charge in [0.25, 0.3) is 5.91 Å². The van der Waals surface area contributed by atoms with E-state index >= 15 is 0 Å². The van der Waals surface area contributed by atoms with Crippen LogP contribution in [0.3, 0.4) is 0 Å². The normalized spacial score (nSPS) is 21.8. The number of carbonyl (C=O) groups excluding carboxylic acids is 2. The van der Waals surface area contributed by atoms with Gasteiger partial charge in [0.15, 0.2) is 19.7 Å². The van der Waals surface area contributed by atoms with Crippen LogP contribution in [0.1, 0.15) is 23.7 Å². The van der Waals surface area contributed by atoms with E-state index in [-0.39, 0.29) is 28.7 Å². The molecule has 2 heterocycles. The average molecular weight is 445 g/mol. The SMILES string of the molecule is CCOC(=O)N1CCN(C(=O)c2ccc(S(=O)(=O)[C@H]3CCS(=O)(=O)C3)cc2)CC1. The van der Waals surface area contributed by atoms with E-state index < -0.39 is 31.0 Å². The van der Waals surface area contributed by atoms with Gasteiger partial charge in [0.1, 0.15) is 0 Å². The second kappa shape index (κ2) is 8.31. The minimum Gasteiger partial charge on any atom is -0.450 e. The monoisotopic (exact) mass is 444 g/mol. The third-order valence-electron chi connectivity index (χ3n) is 5.15. The number of ether oxygens (including phenoxy) is 1. The summed E-state index contributed by atoms with van der Waals surface area (Å²) in [7, 11) is -7.08. The van der Waals surface area contributed by atoms with E-state index in [0.717, 1.165) is 0 Å². The van der Waals surface area contributed by atoms with E-state index in [4.69, 9.17) is 4.74 Å². The Kier molecular flexibility index (Phi) is 6.18. The number of nitrogens with zero attached hydrogens (tertiary/aromatic N) is 2. The number of benzene rings is 1. The Balaban J connectivity index is 1.65. The summed E-state index contributed by atoms with van der Waals surface area (Å²) in [5.41, 5.74) is 0.340. The highest BCUT2D eigenvalue weighted by Gasteiger charge is 2.38. The Morgan fingerprint density at radius 1 is 1.07 bits per heavy atom. The van der Waals surface area contributed by atoms with Crippen molar-refractivity contribution in [1.29, 1.82) is 0 Å². The Bertz CT molecular complexity index is 980. The average Bonchev–Trinajstić information content (AvgIpc) is 3.08. The van der Waals surface area contributed by atoms with Crippen molar-refractivity contribution in [3.63, 3.8) is 0 Å². The fourth-order valence-corrected chi connectivity index (χ4v) is 7.83. The summed E-state index contributed by atoms with van der Waals surface area (Å²) in [6.45, 7) is 3.48. The van der Waals surface area contributed by atoms with Gasteiger partial charge in [-0.05, 0) is 37.6 Å². The summed E-state index contributed by atoms with van der Waals surface area (Å²) in [6.07, 6.45) is -0.307. The lowest BCUT2D eigenvalue weighted by atomic mass is 10.2. The zero-order valence-electron chi connectivity index (χ0n) is 16.1. The molecule has 0 unspecified atom stereocenters. The van der Waals surface area contributed by atoms with E-state index in [2.05, 4.69) is 0 Å². The predicted molar refractivity (Wildman–Crippen MR) is 105 cm³/mol. The number of sulfone groups is 2. The van der Waals surface area contributed by atoms with Crippen LogP contribution in [0.2, 0.25) is 0 Å². The number of hydrogen-bond acceptors (Lipinski definition) is 7. The molecule has 2 saturated heterocycles. The summed E-state index contributed by atoms with van der Waals surface area (Å²) >= 11 is 0. The molecule has 9 nitrogen and oxygen atoms in total. The molecule has 0 saturated carbocycles. The zero-order valence-corrected chi connectivity index (χ0v) is 17.7. The van der Waals surface area contributed by atoms with E-state index in [9.17, 15) is 26.4 Å². The van der Waals surface area contributed by atoms with Crippen LogP contribution < -0.4 is 0 Å². The first-order valence-corrected chi connectivity index (χ1v) is 12.8. The predicted octanol–water partition coefficient (Wildman–Crippen LogP) is 0.562. The maximum Gasteiger partial charge on any atom is 0.409 e. The van der Waals surface area contributed by atoms with Gasteiger partial charge in [0.2, 0.25) is 0 Å². The topological polar surface area (TPSA) is 118 Å². The second-order valence-electron chi connectivity index (χ2n) is 7.07. The van der Waals surface area contributed by atoms with E-state index in [1.165, 1.54) is 24.3 Å². The minimum atomic E-state index is -3.76. The Morgan fingerprint density at radius 3 is 2.17 bits per heavy atom. The lowest BCUT2D eigenvalue weighted by molar-refractivity contribution is 0.0570. The smallest absolute Gasteiger partial charge is 0.409 e. The lowest BCUT2D eigenvalue weighted by Crippen LogP contribution is -2.50. The van der Waals surface area contributed by atoms with Crippen LogP contribution in [0.15, 0.2) is 29.2 Å². The molecule has 0 aromatic heterocycles. The number of hydrogen-bond donors (Lipinski definition) is 0. The quantitative estimate of drug-likeness (QED) is 0.666. The molecule has 0 radical (unpaired) electrons. The largest absolute Gasteiger partial charge is 0.450 e. The molecule has 160 valence electrons. The van der Waals surface area contributed by atoms with Gasteiger partial charge in [-0.25, -0.2) is 21.6 Å². The summed E-state index contributed by atoms with van der Waals surface area (Å²) in [5, 5.41) is -0.940. The standard InChI is InChI=1S/C18H24N2O7S2/c1-2-27-18(22)20-10-8-19(9-11-20)17(21)14-3-5-15(6-4-14)29(25,26)16-7-12-28(23,24)13-16/h3-6,16H,2,7-13H2,1H3/t16-/m0/s1. The van der Waals surface area contributed by atoms with Crippen molar-refractivity contribution in [2.75, 3.05) is 44.3 Å². The first-order valence-electron chi connectivity index (χ1n) is 9.39.